The van der Waals surface area contributed by atoms with Crippen molar-refractivity contribution in [2.24, 2.45) is 0 Å². The van der Waals surface area contributed by atoms with E-state index in [0.717, 1.165) is 12.8 Å². The molecule has 0 aromatic carbocycles. The molecule has 1 heterocycles. The van der Waals surface area contributed by atoms with Gasteiger partial charge < -0.3 is 18.9 Å². The third kappa shape index (κ3) is 7.32. The van der Waals surface area contributed by atoms with Gasteiger partial charge in [0.25, 0.3) is 0 Å². The lowest BCUT2D eigenvalue weighted by Crippen LogP contribution is -2.28. The van der Waals surface area contributed by atoms with Gasteiger partial charge in [0, 0.05) is 5.92 Å². The number of carbonyl (C=O) groups excluding carboxylic acids is 2. The molecule has 2 rings (SSSR count). The molecule has 0 saturated heterocycles. The van der Waals surface area contributed by atoms with Gasteiger partial charge in [-0.1, -0.05) is 0 Å². The lowest BCUT2D eigenvalue weighted by Gasteiger charge is -2.20. The van der Waals surface area contributed by atoms with Crippen LogP contribution >= 0.6 is 0 Å². The van der Waals surface area contributed by atoms with Crippen molar-refractivity contribution in [3.63, 3.8) is 0 Å². The number of hydrogen-bond acceptors (Lipinski definition) is 8. The summed E-state index contributed by atoms with van der Waals surface area (Å²) in [7, 11) is 0. The number of aromatic nitrogens is 2. The average Bonchev–Trinajstić information content (AvgIpc) is 3.34. The van der Waals surface area contributed by atoms with Crippen LogP contribution in [0, 0.1) is 6.92 Å². The molecule has 0 aliphatic heterocycles. The fourth-order valence-corrected chi connectivity index (χ4v) is 2.29. The summed E-state index contributed by atoms with van der Waals surface area (Å²) in [6, 6.07) is 0. The van der Waals surface area contributed by atoms with E-state index >= 15 is 0 Å². The van der Waals surface area contributed by atoms with E-state index in [4.69, 9.17) is 18.9 Å². The van der Waals surface area contributed by atoms with Gasteiger partial charge in [-0.05, 0) is 61.3 Å². The highest BCUT2D eigenvalue weighted by Crippen LogP contribution is 2.40. The molecule has 8 heteroatoms. The van der Waals surface area contributed by atoms with Gasteiger partial charge in [0.2, 0.25) is 11.8 Å². The van der Waals surface area contributed by atoms with Crippen molar-refractivity contribution >= 4 is 11.9 Å². The summed E-state index contributed by atoms with van der Waals surface area (Å²) in [5, 5.41) is 0. The summed E-state index contributed by atoms with van der Waals surface area (Å²) in [5.41, 5.74) is -0.680. The molecule has 1 fully saturated rings. The predicted octanol–water partition coefficient (Wildman–Crippen LogP) is 3.10. The second-order valence-corrected chi connectivity index (χ2v) is 8.84. The molecule has 0 radical (unpaired) electrons. The van der Waals surface area contributed by atoms with Crippen LogP contribution in [-0.2, 0) is 19.1 Å². The Bertz CT molecular complexity index is 676. The van der Waals surface area contributed by atoms with Crippen molar-refractivity contribution in [1.29, 1.82) is 0 Å². The molecule has 156 valence electrons. The van der Waals surface area contributed by atoms with E-state index in [-0.39, 0.29) is 30.9 Å². The minimum absolute atomic E-state index is 0.244. The third-order valence-corrected chi connectivity index (χ3v) is 3.51. The number of nitrogens with zero attached hydrogens (tertiary/aromatic N) is 2. The summed E-state index contributed by atoms with van der Waals surface area (Å²) in [6.45, 7) is 11.9. The Hall–Kier alpha value is -2.38. The molecule has 0 amide bonds. The number of hydrogen-bond donors (Lipinski definition) is 0. The standard InChI is InChI=1S/C20H30N2O6/c1-12-17(25-10-14(23)27-19(2,3)4)21-16(13-8-9-13)22-18(12)26-11-15(24)28-20(5,6)7/h13H,8-11H2,1-7H3. The second-order valence-electron chi connectivity index (χ2n) is 8.84. The van der Waals surface area contributed by atoms with Gasteiger partial charge in [-0.15, -0.1) is 0 Å². The quantitative estimate of drug-likeness (QED) is 0.651. The van der Waals surface area contributed by atoms with Crippen molar-refractivity contribution in [2.75, 3.05) is 13.2 Å². The van der Waals surface area contributed by atoms with E-state index in [9.17, 15) is 9.59 Å². The summed E-state index contributed by atoms with van der Waals surface area (Å²) < 4.78 is 21.6. The maximum Gasteiger partial charge on any atom is 0.344 e. The van der Waals surface area contributed by atoms with Crippen molar-refractivity contribution in [2.45, 2.75) is 78.4 Å². The van der Waals surface area contributed by atoms with E-state index in [1.54, 1.807) is 48.5 Å². The zero-order valence-electron chi connectivity index (χ0n) is 17.7. The number of ether oxygens (including phenoxy) is 4. The highest BCUT2D eigenvalue weighted by atomic mass is 16.6. The van der Waals surface area contributed by atoms with E-state index in [1.165, 1.54) is 0 Å². The zero-order chi connectivity index (χ0) is 21.1. The average molecular weight is 394 g/mol. The summed E-state index contributed by atoms with van der Waals surface area (Å²) in [5.74, 6) is 0.352. The Morgan fingerprint density at radius 1 is 0.857 bits per heavy atom. The van der Waals surface area contributed by atoms with E-state index in [2.05, 4.69) is 9.97 Å². The Balaban J connectivity index is 2.09. The Morgan fingerprint density at radius 3 is 1.57 bits per heavy atom. The van der Waals surface area contributed by atoms with Crippen LogP contribution < -0.4 is 9.47 Å². The molecule has 0 N–H and O–H groups in total. The first kappa shape index (κ1) is 21.9. The molecular formula is C20H30N2O6. The maximum absolute atomic E-state index is 11.9. The fourth-order valence-electron chi connectivity index (χ4n) is 2.29. The lowest BCUT2D eigenvalue weighted by molar-refractivity contribution is -0.158. The van der Waals surface area contributed by atoms with Gasteiger partial charge in [0.15, 0.2) is 13.2 Å². The van der Waals surface area contributed by atoms with Crippen LogP contribution in [0.25, 0.3) is 0 Å². The third-order valence-electron chi connectivity index (χ3n) is 3.51. The largest absolute Gasteiger partial charge is 0.465 e. The smallest absolute Gasteiger partial charge is 0.344 e. The number of esters is 2. The van der Waals surface area contributed by atoms with Gasteiger partial charge in [-0.3, -0.25) is 0 Å². The van der Waals surface area contributed by atoms with E-state index < -0.39 is 23.1 Å². The number of rotatable bonds is 7. The first-order valence-corrected chi connectivity index (χ1v) is 9.42. The van der Waals surface area contributed by atoms with Gasteiger partial charge in [0.05, 0.1) is 5.56 Å². The van der Waals surface area contributed by atoms with Gasteiger partial charge >= 0.3 is 11.9 Å². The Kier molecular flexibility index (Phi) is 6.52. The molecule has 1 aliphatic carbocycles. The van der Waals surface area contributed by atoms with Crippen LogP contribution in [0.3, 0.4) is 0 Å². The monoisotopic (exact) mass is 394 g/mol. The predicted molar refractivity (Wildman–Crippen MR) is 101 cm³/mol. The van der Waals surface area contributed by atoms with Gasteiger partial charge in [0.1, 0.15) is 17.0 Å². The highest BCUT2D eigenvalue weighted by Gasteiger charge is 2.29. The van der Waals surface area contributed by atoms with Crippen molar-refractivity contribution < 1.29 is 28.5 Å². The molecule has 8 nitrogen and oxygen atoms in total. The Labute approximate surface area is 165 Å². The minimum atomic E-state index is -0.595. The zero-order valence-corrected chi connectivity index (χ0v) is 17.7. The summed E-state index contributed by atoms with van der Waals surface area (Å²) in [4.78, 5) is 32.7. The van der Waals surface area contributed by atoms with Crippen molar-refractivity contribution in [1.82, 2.24) is 9.97 Å². The normalized spacial score (nSPS) is 14.4. The van der Waals surface area contributed by atoms with Crippen LogP contribution in [0.1, 0.15) is 71.7 Å². The molecule has 28 heavy (non-hydrogen) atoms. The summed E-state index contributed by atoms with van der Waals surface area (Å²) >= 11 is 0. The SMILES string of the molecule is Cc1c(OCC(=O)OC(C)(C)C)nc(C2CC2)nc1OCC(=O)OC(C)(C)C. The lowest BCUT2D eigenvalue weighted by atomic mass is 10.2. The first-order chi connectivity index (χ1) is 12.8. The van der Waals surface area contributed by atoms with Gasteiger partial charge in [-0.25, -0.2) is 9.59 Å². The molecule has 1 aliphatic rings. The van der Waals surface area contributed by atoms with Crippen molar-refractivity contribution in [3.05, 3.63) is 11.4 Å². The molecular weight excluding hydrogens is 364 g/mol. The van der Waals surface area contributed by atoms with Crippen LogP contribution in [0.15, 0.2) is 0 Å². The van der Waals surface area contributed by atoms with Crippen LogP contribution in [0.4, 0.5) is 0 Å². The molecule has 0 bridgehead atoms. The molecule has 0 atom stereocenters. The fraction of sp³-hybridized carbons (Fsp3) is 0.700. The highest BCUT2D eigenvalue weighted by molar-refractivity contribution is 5.72. The molecule has 1 saturated carbocycles. The topological polar surface area (TPSA) is 96.8 Å². The molecule has 1 aromatic rings. The van der Waals surface area contributed by atoms with Gasteiger partial charge in [-0.2, -0.15) is 9.97 Å². The second kappa shape index (κ2) is 8.32. The molecule has 1 aromatic heterocycles. The minimum Gasteiger partial charge on any atom is -0.465 e. The van der Waals surface area contributed by atoms with Crippen LogP contribution in [0.2, 0.25) is 0 Å². The van der Waals surface area contributed by atoms with Crippen LogP contribution in [-0.4, -0.2) is 46.3 Å². The van der Waals surface area contributed by atoms with E-state index in [0.29, 0.717) is 11.4 Å². The molecule has 0 spiro atoms. The van der Waals surface area contributed by atoms with Crippen LogP contribution in [0.5, 0.6) is 11.8 Å². The van der Waals surface area contributed by atoms with E-state index in [1.807, 2.05) is 0 Å². The Morgan fingerprint density at radius 2 is 1.25 bits per heavy atom. The summed E-state index contributed by atoms with van der Waals surface area (Å²) in [6.07, 6.45) is 1.97. The maximum atomic E-state index is 11.9. The molecule has 0 unspecified atom stereocenters. The first-order valence-electron chi connectivity index (χ1n) is 9.42. The van der Waals surface area contributed by atoms with Crippen molar-refractivity contribution in [3.8, 4) is 11.8 Å². The number of carbonyl (C=O) groups is 2.